The predicted octanol–water partition coefficient (Wildman–Crippen LogP) is 4.21. The molecule has 0 unspecified atom stereocenters. The first-order valence-electron chi connectivity index (χ1n) is 7.02. The highest BCUT2D eigenvalue weighted by Crippen LogP contribution is 2.20. The Morgan fingerprint density at radius 2 is 2.00 bits per heavy atom. The molecule has 0 heterocycles. The summed E-state index contributed by atoms with van der Waals surface area (Å²) in [5.41, 5.74) is 2.91. The van der Waals surface area contributed by atoms with Crippen molar-refractivity contribution in [3.05, 3.63) is 52.5 Å². The van der Waals surface area contributed by atoms with E-state index in [1.165, 1.54) is 0 Å². The number of methoxy groups -OCH3 is 1. The fourth-order valence-electron chi connectivity index (χ4n) is 2.00. The number of amides is 1. The van der Waals surface area contributed by atoms with E-state index in [2.05, 4.69) is 26.6 Å². The molecule has 0 aromatic heterocycles. The van der Waals surface area contributed by atoms with Crippen molar-refractivity contribution in [3.8, 4) is 5.75 Å². The standard InChI is InChI=1S/C17H19BrN2O2/c1-12-10-13(6-7-16(12)18)19-9-8-17(21)20-14-4-3-5-15(11-14)22-2/h3-7,10-11,19H,8-9H2,1-2H3,(H,20,21). The van der Waals surface area contributed by atoms with Gasteiger partial charge < -0.3 is 15.4 Å². The Balaban J connectivity index is 1.81. The molecule has 0 bridgehead atoms. The van der Waals surface area contributed by atoms with Gasteiger partial charge in [0, 0.05) is 34.9 Å². The first kappa shape index (κ1) is 16.4. The van der Waals surface area contributed by atoms with Gasteiger partial charge in [0.25, 0.3) is 0 Å². The van der Waals surface area contributed by atoms with Gasteiger partial charge in [-0.05, 0) is 42.8 Å². The zero-order valence-electron chi connectivity index (χ0n) is 12.7. The SMILES string of the molecule is COc1cccc(NC(=O)CCNc2ccc(Br)c(C)c2)c1. The van der Waals surface area contributed by atoms with Crippen LogP contribution in [0.1, 0.15) is 12.0 Å². The summed E-state index contributed by atoms with van der Waals surface area (Å²) in [7, 11) is 1.60. The number of halogens is 1. The van der Waals surface area contributed by atoms with E-state index in [9.17, 15) is 4.79 Å². The lowest BCUT2D eigenvalue weighted by Gasteiger charge is -2.09. The van der Waals surface area contributed by atoms with Crippen molar-refractivity contribution in [2.45, 2.75) is 13.3 Å². The molecule has 22 heavy (non-hydrogen) atoms. The van der Waals surface area contributed by atoms with Gasteiger partial charge in [0.1, 0.15) is 5.75 Å². The molecule has 1 amide bonds. The van der Waals surface area contributed by atoms with Crippen molar-refractivity contribution < 1.29 is 9.53 Å². The van der Waals surface area contributed by atoms with Crippen molar-refractivity contribution in [1.29, 1.82) is 0 Å². The number of hydrogen-bond donors (Lipinski definition) is 2. The van der Waals surface area contributed by atoms with Gasteiger partial charge in [-0.2, -0.15) is 0 Å². The van der Waals surface area contributed by atoms with Crippen LogP contribution in [0.25, 0.3) is 0 Å². The Hall–Kier alpha value is -2.01. The number of ether oxygens (including phenoxy) is 1. The van der Waals surface area contributed by atoms with Crippen LogP contribution in [0.3, 0.4) is 0 Å². The van der Waals surface area contributed by atoms with Gasteiger partial charge in [-0.25, -0.2) is 0 Å². The van der Waals surface area contributed by atoms with E-state index in [0.29, 0.717) is 13.0 Å². The quantitative estimate of drug-likeness (QED) is 0.809. The third kappa shape index (κ3) is 4.77. The molecule has 4 nitrogen and oxygen atoms in total. The molecular formula is C17H19BrN2O2. The van der Waals surface area contributed by atoms with Crippen molar-refractivity contribution in [3.63, 3.8) is 0 Å². The number of benzene rings is 2. The van der Waals surface area contributed by atoms with Crippen molar-refractivity contribution >= 4 is 33.2 Å². The molecule has 0 spiro atoms. The highest BCUT2D eigenvalue weighted by atomic mass is 79.9. The Bertz CT molecular complexity index is 659. The van der Waals surface area contributed by atoms with Crippen molar-refractivity contribution in [1.82, 2.24) is 0 Å². The van der Waals surface area contributed by atoms with Crippen molar-refractivity contribution in [2.24, 2.45) is 0 Å². The number of carbonyl (C=O) groups is 1. The molecule has 0 saturated heterocycles. The van der Waals surface area contributed by atoms with E-state index >= 15 is 0 Å². The van der Waals surface area contributed by atoms with Crippen LogP contribution >= 0.6 is 15.9 Å². The number of hydrogen-bond acceptors (Lipinski definition) is 3. The van der Waals surface area contributed by atoms with Crippen LogP contribution in [-0.4, -0.2) is 19.6 Å². The molecule has 0 aliphatic carbocycles. The molecule has 0 atom stereocenters. The van der Waals surface area contributed by atoms with E-state index in [4.69, 9.17) is 4.74 Å². The summed E-state index contributed by atoms with van der Waals surface area (Å²) in [6.07, 6.45) is 0.395. The Labute approximate surface area is 139 Å². The summed E-state index contributed by atoms with van der Waals surface area (Å²) in [6, 6.07) is 13.3. The lowest BCUT2D eigenvalue weighted by Crippen LogP contribution is -2.16. The zero-order valence-corrected chi connectivity index (χ0v) is 14.2. The van der Waals surface area contributed by atoms with Crippen LogP contribution in [0.2, 0.25) is 0 Å². The normalized spacial score (nSPS) is 10.1. The molecule has 0 aliphatic heterocycles. The van der Waals surface area contributed by atoms with Gasteiger partial charge >= 0.3 is 0 Å². The van der Waals surface area contributed by atoms with Gasteiger partial charge in [0.2, 0.25) is 5.91 Å². The number of carbonyl (C=O) groups excluding carboxylic acids is 1. The maximum Gasteiger partial charge on any atom is 0.226 e. The van der Waals surface area contributed by atoms with Gasteiger partial charge in [-0.1, -0.05) is 22.0 Å². The maximum absolute atomic E-state index is 11.9. The number of aryl methyl sites for hydroxylation is 1. The maximum atomic E-state index is 11.9. The molecule has 0 radical (unpaired) electrons. The average Bonchev–Trinajstić information content (AvgIpc) is 2.51. The van der Waals surface area contributed by atoms with E-state index in [0.717, 1.165) is 27.2 Å². The van der Waals surface area contributed by atoms with Crippen LogP contribution in [-0.2, 0) is 4.79 Å². The minimum absolute atomic E-state index is 0.0328. The molecule has 2 aromatic rings. The molecule has 2 N–H and O–H groups in total. The average molecular weight is 363 g/mol. The van der Waals surface area contributed by atoms with Crippen LogP contribution in [0.15, 0.2) is 46.9 Å². The van der Waals surface area contributed by atoms with Gasteiger partial charge in [-0.15, -0.1) is 0 Å². The van der Waals surface area contributed by atoms with Crippen LogP contribution in [0.5, 0.6) is 5.75 Å². The second-order valence-corrected chi connectivity index (χ2v) is 5.78. The molecule has 0 fully saturated rings. The lowest BCUT2D eigenvalue weighted by atomic mass is 10.2. The first-order valence-corrected chi connectivity index (χ1v) is 7.81. The molecule has 0 aliphatic rings. The number of anilines is 2. The summed E-state index contributed by atoms with van der Waals surface area (Å²) in [4.78, 5) is 11.9. The summed E-state index contributed by atoms with van der Waals surface area (Å²) in [6.45, 7) is 2.61. The Morgan fingerprint density at radius 1 is 1.18 bits per heavy atom. The zero-order chi connectivity index (χ0) is 15.9. The highest BCUT2D eigenvalue weighted by molar-refractivity contribution is 9.10. The second kappa shape index (κ2) is 7.84. The van der Waals surface area contributed by atoms with Crippen LogP contribution in [0.4, 0.5) is 11.4 Å². The summed E-state index contributed by atoms with van der Waals surface area (Å²) in [5, 5.41) is 6.10. The minimum atomic E-state index is -0.0328. The third-order valence-corrected chi connectivity index (χ3v) is 4.08. The lowest BCUT2D eigenvalue weighted by molar-refractivity contribution is -0.115. The Kier molecular flexibility index (Phi) is 5.83. The van der Waals surface area contributed by atoms with E-state index in [1.807, 2.05) is 43.3 Å². The largest absolute Gasteiger partial charge is 0.497 e. The molecule has 5 heteroatoms. The monoisotopic (exact) mass is 362 g/mol. The van der Waals surface area contributed by atoms with Crippen LogP contribution in [0, 0.1) is 6.92 Å². The predicted molar refractivity (Wildman–Crippen MR) is 93.6 cm³/mol. The van der Waals surface area contributed by atoms with Gasteiger partial charge in [-0.3, -0.25) is 4.79 Å². The van der Waals surface area contributed by atoms with Gasteiger partial charge in [0.15, 0.2) is 0 Å². The molecule has 0 saturated carbocycles. The van der Waals surface area contributed by atoms with Crippen molar-refractivity contribution in [2.75, 3.05) is 24.3 Å². The topological polar surface area (TPSA) is 50.4 Å². The highest BCUT2D eigenvalue weighted by Gasteiger charge is 2.04. The second-order valence-electron chi connectivity index (χ2n) is 4.92. The van der Waals surface area contributed by atoms with E-state index in [1.54, 1.807) is 13.2 Å². The first-order chi connectivity index (χ1) is 10.6. The van der Waals surface area contributed by atoms with E-state index < -0.39 is 0 Å². The fraction of sp³-hybridized carbons (Fsp3) is 0.235. The summed E-state index contributed by atoms with van der Waals surface area (Å²) in [5.74, 6) is 0.691. The summed E-state index contributed by atoms with van der Waals surface area (Å²) >= 11 is 3.47. The van der Waals surface area contributed by atoms with E-state index in [-0.39, 0.29) is 5.91 Å². The molecular weight excluding hydrogens is 344 g/mol. The number of rotatable bonds is 6. The van der Waals surface area contributed by atoms with Crippen LogP contribution < -0.4 is 15.4 Å². The molecule has 2 rings (SSSR count). The fourth-order valence-corrected chi connectivity index (χ4v) is 2.25. The molecule has 116 valence electrons. The smallest absolute Gasteiger partial charge is 0.226 e. The van der Waals surface area contributed by atoms with Gasteiger partial charge in [0.05, 0.1) is 7.11 Å². The summed E-state index contributed by atoms with van der Waals surface area (Å²) < 4.78 is 6.21. The third-order valence-electron chi connectivity index (χ3n) is 3.19. The minimum Gasteiger partial charge on any atom is -0.497 e. The molecule has 2 aromatic carbocycles. The Morgan fingerprint density at radius 3 is 2.73 bits per heavy atom. The number of nitrogens with one attached hydrogen (secondary N) is 2.